The van der Waals surface area contributed by atoms with Gasteiger partial charge in [0.25, 0.3) is 0 Å². The number of hydrogen-bond acceptors (Lipinski definition) is 4. The maximum atomic E-state index is 6.29. The van der Waals surface area contributed by atoms with Gasteiger partial charge in [0.05, 0.1) is 44.5 Å². The molecular weight excluding hydrogens is 1040 g/mol. The second kappa shape index (κ2) is 18.5. The Hall–Kier alpha value is -11.0. The molecule has 0 radical (unpaired) electrons. The highest BCUT2D eigenvalue weighted by atomic mass is 16.3. The van der Waals surface area contributed by atoms with E-state index in [1.165, 1.54) is 43.8 Å². The number of furan rings is 1. The van der Waals surface area contributed by atoms with Gasteiger partial charge in [-0.2, -0.15) is 0 Å². The van der Waals surface area contributed by atoms with Crippen molar-refractivity contribution in [2.45, 2.75) is 26.2 Å². The maximum Gasteiger partial charge on any atom is 0.158 e. The van der Waals surface area contributed by atoms with Crippen molar-refractivity contribution < 1.29 is 4.42 Å². The zero-order chi connectivity index (χ0) is 56.7. The van der Waals surface area contributed by atoms with Crippen molar-refractivity contribution >= 4 is 110 Å². The van der Waals surface area contributed by atoms with Crippen molar-refractivity contribution in [3.05, 3.63) is 296 Å². The summed E-state index contributed by atoms with van der Waals surface area (Å²) in [6.07, 6.45) is 4.39. The standard InChI is InChI=1S/C78H56N6O/c1-5-66-67(42-48(2)81-68-32-18-14-29-57(68)62-46-60-54-26-12-17-31-64(54)78(3,4)65(60)47-73(62)81)80-76(82(51-22-8-6-9-23-51)53-38-39-58-55-27-13-19-33-69(55)83(72(58)45-53)52-24-10-7-11-25-52)77(79-66)84-70-34-20-15-28-56(70)61-43-49(36-40-71(61)84)50-37-41-75-63(44-50)59-30-16-21-35-74(59)85-75/h5-47,79-80H,2H2,1,3-4H3/b66-5+,67-42+. The molecular formula is C78H56N6O. The van der Waals surface area contributed by atoms with Crippen molar-refractivity contribution in [2.24, 2.45) is 0 Å². The Kier molecular flexibility index (Phi) is 10.6. The third-order valence-electron chi connectivity index (χ3n) is 18.1. The highest BCUT2D eigenvalue weighted by molar-refractivity contribution is 6.15. The molecule has 4 aromatic heterocycles. The van der Waals surface area contributed by atoms with Gasteiger partial charge in [-0.1, -0.05) is 178 Å². The Balaban J connectivity index is 0.900. The van der Waals surface area contributed by atoms with Crippen LogP contribution in [0.15, 0.2) is 289 Å². The number of benzene rings is 11. The molecule has 11 aromatic carbocycles. The van der Waals surface area contributed by atoms with Gasteiger partial charge in [-0.05, 0) is 143 Å². The van der Waals surface area contributed by atoms with Crippen LogP contribution in [0.1, 0.15) is 31.9 Å². The quantitative estimate of drug-likeness (QED) is 0.159. The summed E-state index contributed by atoms with van der Waals surface area (Å²) >= 11 is 0. The molecule has 404 valence electrons. The number of anilines is 2. The SMILES string of the molecule is C=C(/C=C1/NC(N(c2ccccc2)c2ccc3c4ccccc4n(-c4ccccc4)c3c2)=C(n2c3ccccc3c3cc(-c4ccc5oc6ccccc6c5c4)ccc32)N/C1=C/C)n1c2ccccc2c2cc3c(cc21)C(C)(C)c1ccccc1-3. The fourth-order valence-corrected chi connectivity index (χ4v) is 14.1. The highest BCUT2D eigenvalue weighted by Gasteiger charge is 2.37. The summed E-state index contributed by atoms with van der Waals surface area (Å²) in [6, 6.07) is 90.1. The Bertz CT molecular complexity index is 5430. The van der Waals surface area contributed by atoms with Crippen molar-refractivity contribution in [1.29, 1.82) is 0 Å². The summed E-state index contributed by atoms with van der Waals surface area (Å²) in [7, 11) is 0. The van der Waals surface area contributed by atoms with Crippen molar-refractivity contribution in [3.63, 3.8) is 0 Å². The zero-order valence-corrected chi connectivity index (χ0v) is 47.2. The van der Waals surface area contributed by atoms with Crippen LogP contribution in [0.25, 0.3) is 127 Å². The molecule has 1 aliphatic carbocycles. The first-order valence-electron chi connectivity index (χ1n) is 29.2. The molecule has 0 atom stereocenters. The largest absolute Gasteiger partial charge is 0.456 e. The summed E-state index contributed by atoms with van der Waals surface area (Å²) in [5, 5.41) is 17.6. The molecule has 2 N–H and O–H groups in total. The molecule has 0 saturated carbocycles. The third-order valence-corrected chi connectivity index (χ3v) is 18.1. The van der Waals surface area contributed by atoms with E-state index in [9.17, 15) is 0 Å². The molecule has 0 spiro atoms. The summed E-state index contributed by atoms with van der Waals surface area (Å²) in [5.41, 5.74) is 21.4. The van der Waals surface area contributed by atoms with E-state index in [0.29, 0.717) is 0 Å². The third kappa shape index (κ3) is 7.26. The Morgan fingerprint density at radius 3 is 1.80 bits per heavy atom. The molecule has 0 bridgehead atoms. The van der Waals surface area contributed by atoms with Gasteiger partial charge in [-0.3, -0.25) is 9.47 Å². The van der Waals surface area contributed by atoms with Crippen LogP contribution >= 0.6 is 0 Å². The van der Waals surface area contributed by atoms with Crippen LogP contribution in [0.2, 0.25) is 0 Å². The summed E-state index contributed by atoms with van der Waals surface area (Å²) < 4.78 is 13.4. The molecule has 85 heavy (non-hydrogen) atoms. The average Bonchev–Trinajstić information content (AvgIpc) is 1.70. The molecule has 5 heterocycles. The molecule has 2 aliphatic rings. The smallest absolute Gasteiger partial charge is 0.158 e. The van der Waals surface area contributed by atoms with E-state index in [2.05, 4.69) is 299 Å². The molecule has 7 heteroatoms. The van der Waals surface area contributed by atoms with Crippen LogP contribution in [0.5, 0.6) is 0 Å². The van der Waals surface area contributed by atoms with Crippen LogP contribution in [0, 0.1) is 0 Å². The van der Waals surface area contributed by atoms with Gasteiger partial charge >= 0.3 is 0 Å². The van der Waals surface area contributed by atoms with E-state index in [0.717, 1.165) is 123 Å². The normalized spacial score (nSPS) is 14.9. The van der Waals surface area contributed by atoms with E-state index >= 15 is 0 Å². The molecule has 7 nitrogen and oxygen atoms in total. The van der Waals surface area contributed by atoms with Crippen LogP contribution in [0.4, 0.5) is 11.4 Å². The minimum Gasteiger partial charge on any atom is -0.456 e. The van der Waals surface area contributed by atoms with Gasteiger partial charge in [-0.25, -0.2) is 0 Å². The second-order valence-corrected chi connectivity index (χ2v) is 23.1. The molecule has 15 aromatic rings. The topological polar surface area (TPSA) is 55.2 Å². The van der Waals surface area contributed by atoms with Gasteiger partial charge in [0.1, 0.15) is 11.2 Å². The lowest BCUT2D eigenvalue weighted by atomic mass is 9.82. The Morgan fingerprint density at radius 2 is 1.02 bits per heavy atom. The molecule has 0 saturated heterocycles. The van der Waals surface area contributed by atoms with Gasteiger partial charge < -0.3 is 24.2 Å². The molecule has 17 rings (SSSR count). The van der Waals surface area contributed by atoms with Crippen molar-refractivity contribution in [3.8, 4) is 27.9 Å². The first-order valence-corrected chi connectivity index (χ1v) is 29.2. The lowest BCUT2D eigenvalue weighted by Gasteiger charge is -2.36. The summed E-state index contributed by atoms with van der Waals surface area (Å²) in [4.78, 5) is 2.38. The number of nitrogens with zero attached hydrogens (tertiary/aromatic N) is 4. The minimum atomic E-state index is -0.179. The molecule has 0 fully saturated rings. The fraction of sp³-hybridized carbons (Fsp3) is 0.0513. The summed E-state index contributed by atoms with van der Waals surface area (Å²) in [6.45, 7) is 11.8. The number of aromatic nitrogens is 3. The molecule has 0 unspecified atom stereocenters. The van der Waals surface area contributed by atoms with Crippen LogP contribution < -0.4 is 15.5 Å². The van der Waals surface area contributed by atoms with E-state index in [1.54, 1.807) is 0 Å². The van der Waals surface area contributed by atoms with E-state index in [-0.39, 0.29) is 5.41 Å². The maximum absolute atomic E-state index is 6.29. The molecule has 0 amide bonds. The lowest BCUT2D eigenvalue weighted by molar-refractivity contribution is 0.661. The highest BCUT2D eigenvalue weighted by Crippen LogP contribution is 2.51. The van der Waals surface area contributed by atoms with Gasteiger partial charge in [-0.15, -0.1) is 0 Å². The predicted octanol–water partition coefficient (Wildman–Crippen LogP) is 19.9. The zero-order valence-electron chi connectivity index (χ0n) is 47.2. The van der Waals surface area contributed by atoms with Crippen molar-refractivity contribution in [1.82, 2.24) is 24.3 Å². The van der Waals surface area contributed by atoms with Crippen LogP contribution in [0.3, 0.4) is 0 Å². The number of rotatable bonds is 8. The van der Waals surface area contributed by atoms with E-state index in [4.69, 9.17) is 11.0 Å². The number of nitrogens with one attached hydrogen (secondary N) is 2. The average molecular weight is 1090 g/mol. The lowest BCUT2D eigenvalue weighted by Crippen LogP contribution is -2.40. The van der Waals surface area contributed by atoms with Crippen molar-refractivity contribution in [2.75, 3.05) is 4.90 Å². The fourth-order valence-electron chi connectivity index (χ4n) is 14.1. The predicted molar refractivity (Wildman–Crippen MR) is 355 cm³/mol. The first-order chi connectivity index (χ1) is 41.8. The molecule has 1 aliphatic heterocycles. The van der Waals surface area contributed by atoms with Gasteiger partial charge in [0.2, 0.25) is 0 Å². The second-order valence-electron chi connectivity index (χ2n) is 23.1. The Labute approximate surface area is 491 Å². The minimum absolute atomic E-state index is 0.179. The Morgan fingerprint density at radius 1 is 0.435 bits per heavy atom. The van der Waals surface area contributed by atoms with E-state index in [1.807, 2.05) is 12.1 Å². The number of hydrogen-bond donors (Lipinski definition) is 2. The monoisotopic (exact) mass is 1090 g/mol. The van der Waals surface area contributed by atoms with E-state index < -0.39 is 0 Å². The van der Waals surface area contributed by atoms with Crippen LogP contribution in [-0.4, -0.2) is 13.7 Å². The van der Waals surface area contributed by atoms with Crippen LogP contribution in [-0.2, 0) is 5.41 Å². The number of fused-ring (bicyclic) bond motifs is 15. The first kappa shape index (κ1) is 48.7. The number of allylic oxidation sites excluding steroid dienone is 3. The van der Waals surface area contributed by atoms with Gasteiger partial charge in [0, 0.05) is 71.3 Å². The number of para-hydroxylation sites is 6. The van der Waals surface area contributed by atoms with Gasteiger partial charge in [0.15, 0.2) is 11.6 Å². The summed E-state index contributed by atoms with van der Waals surface area (Å²) in [5.74, 6) is 1.70.